The molecular weight excluding hydrogens is 559 g/mol. The first kappa shape index (κ1) is 28.4. The van der Waals surface area contributed by atoms with Crippen LogP contribution in [-0.2, 0) is 22.3 Å². The minimum atomic E-state index is -4.57. The highest BCUT2D eigenvalue weighted by Crippen LogP contribution is 2.33. The molecule has 0 aliphatic carbocycles. The maximum atomic E-state index is 13.7. The Hall–Kier alpha value is -4.14. The topological polar surface area (TPSA) is 114 Å². The number of nitrogens with one attached hydrogen (secondary N) is 2. The molecule has 10 nitrogen and oxygen atoms in total. The molecule has 14 heteroatoms. The molecule has 2 aromatic heterocycles. The van der Waals surface area contributed by atoms with E-state index in [1.54, 1.807) is 36.7 Å². The summed E-state index contributed by atoms with van der Waals surface area (Å²) in [6.45, 7) is 5.82. The van der Waals surface area contributed by atoms with Gasteiger partial charge >= 0.3 is 6.18 Å². The van der Waals surface area contributed by atoms with Gasteiger partial charge in [-0.25, -0.2) is 9.67 Å². The maximum Gasteiger partial charge on any atom is 0.416 e. The van der Waals surface area contributed by atoms with Gasteiger partial charge < -0.3 is 15.4 Å². The third-order valence-corrected chi connectivity index (χ3v) is 7.28. The van der Waals surface area contributed by atoms with Gasteiger partial charge in [0.25, 0.3) is 5.91 Å². The zero-order valence-corrected chi connectivity index (χ0v) is 23.0. The summed E-state index contributed by atoms with van der Waals surface area (Å²) in [6.07, 6.45) is -1.33. The summed E-state index contributed by atoms with van der Waals surface area (Å²) in [4.78, 5) is 31.3. The standard InChI is InChI=1S/C27H26F3N7O3S/c1-16-3-4-19(11-23(16)37-15-22(34-35-37)24-13-31-26(41-24)32-17(2)38)25(39)33-21-10-18(9-20(12-21)27(28,29)30)14-36-5-7-40-8-6-36/h3-4,9-13,15H,5-8,14H2,1-2H3,(H,33,39)(H,31,32,38). The van der Waals surface area contributed by atoms with Crippen LogP contribution in [-0.4, -0.2) is 63.0 Å². The molecule has 5 rings (SSSR count). The minimum absolute atomic E-state index is 0.0541. The monoisotopic (exact) mass is 585 g/mol. The summed E-state index contributed by atoms with van der Waals surface area (Å²) in [5.41, 5.74) is 1.79. The van der Waals surface area contributed by atoms with Gasteiger partial charge in [0, 0.05) is 44.0 Å². The average molecular weight is 586 g/mol. The number of halogens is 3. The second kappa shape index (κ2) is 11.8. The molecule has 0 spiro atoms. The van der Waals surface area contributed by atoms with Gasteiger partial charge in [0.15, 0.2) is 5.13 Å². The summed E-state index contributed by atoms with van der Waals surface area (Å²) in [6, 6.07) is 8.52. The van der Waals surface area contributed by atoms with E-state index in [0.717, 1.165) is 17.7 Å². The SMILES string of the molecule is CC(=O)Nc1ncc(-c2cn(-c3cc(C(=O)Nc4cc(CN5CCOCC5)cc(C(F)(F)F)c4)ccc3C)nn2)s1. The van der Waals surface area contributed by atoms with Crippen LogP contribution in [0, 0.1) is 6.92 Å². The zero-order chi connectivity index (χ0) is 29.1. The van der Waals surface area contributed by atoms with Crippen molar-refractivity contribution in [2.45, 2.75) is 26.6 Å². The molecule has 214 valence electrons. The van der Waals surface area contributed by atoms with Crippen molar-refractivity contribution in [2.24, 2.45) is 0 Å². The Bertz CT molecular complexity index is 1580. The normalized spacial score (nSPS) is 14.2. The van der Waals surface area contributed by atoms with E-state index in [0.29, 0.717) is 59.8 Å². The molecule has 3 heterocycles. The molecule has 4 aromatic rings. The molecule has 2 N–H and O–H groups in total. The predicted octanol–water partition coefficient (Wildman–Crippen LogP) is 4.76. The highest BCUT2D eigenvalue weighted by molar-refractivity contribution is 7.19. The Balaban J connectivity index is 1.37. The number of amides is 2. The molecule has 0 bridgehead atoms. The summed E-state index contributed by atoms with van der Waals surface area (Å²) in [5, 5.41) is 14.0. The molecule has 1 aliphatic heterocycles. The lowest BCUT2D eigenvalue weighted by molar-refractivity contribution is -0.137. The summed E-state index contributed by atoms with van der Waals surface area (Å²) < 4.78 is 47.8. The van der Waals surface area contributed by atoms with Crippen LogP contribution in [0.25, 0.3) is 16.3 Å². The van der Waals surface area contributed by atoms with Gasteiger partial charge in [0.1, 0.15) is 5.69 Å². The van der Waals surface area contributed by atoms with E-state index in [1.807, 2.05) is 11.8 Å². The van der Waals surface area contributed by atoms with Gasteiger partial charge in [-0.05, 0) is 48.4 Å². The Kier molecular flexibility index (Phi) is 8.15. The molecule has 0 unspecified atom stereocenters. The van der Waals surface area contributed by atoms with E-state index < -0.39 is 17.6 Å². The van der Waals surface area contributed by atoms with Gasteiger partial charge in [-0.1, -0.05) is 22.6 Å². The molecule has 0 saturated carbocycles. The number of ether oxygens (including phenoxy) is 1. The fraction of sp³-hybridized carbons (Fsp3) is 0.296. The Morgan fingerprint density at radius 1 is 1.10 bits per heavy atom. The molecule has 0 radical (unpaired) electrons. The van der Waals surface area contributed by atoms with Crippen LogP contribution in [0.4, 0.5) is 24.0 Å². The van der Waals surface area contributed by atoms with E-state index in [4.69, 9.17) is 4.74 Å². The number of aryl methyl sites for hydroxylation is 1. The highest BCUT2D eigenvalue weighted by atomic mass is 32.1. The van der Waals surface area contributed by atoms with Crippen molar-refractivity contribution in [3.63, 3.8) is 0 Å². The Morgan fingerprint density at radius 2 is 1.88 bits per heavy atom. The number of thiazole rings is 1. The quantitative estimate of drug-likeness (QED) is 0.322. The van der Waals surface area contributed by atoms with Crippen molar-refractivity contribution in [2.75, 3.05) is 36.9 Å². The number of nitrogens with zero attached hydrogens (tertiary/aromatic N) is 5. The van der Waals surface area contributed by atoms with E-state index in [-0.39, 0.29) is 17.2 Å². The second-order valence-corrected chi connectivity index (χ2v) is 10.6. The number of hydrogen-bond donors (Lipinski definition) is 2. The lowest BCUT2D eigenvalue weighted by Crippen LogP contribution is -2.35. The Labute approximate surface area is 237 Å². The van der Waals surface area contributed by atoms with Crippen LogP contribution in [0.15, 0.2) is 48.8 Å². The van der Waals surface area contributed by atoms with E-state index in [1.165, 1.54) is 22.9 Å². The number of morpholine rings is 1. The lowest BCUT2D eigenvalue weighted by atomic mass is 10.1. The fourth-order valence-corrected chi connectivity index (χ4v) is 5.14. The fourth-order valence-electron chi connectivity index (χ4n) is 4.33. The number of rotatable bonds is 7. The van der Waals surface area contributed by atoms with Crippen molar-refractivity contribution < 1.29 is 27.5 Å². The molecule has 0 atom stereocenters. The molecule has 2 amide bonds. The number of carbonyl (C=O) groups excluding carboxylic acids is 2. The molecular formula is C27H26F3N7O3S. The van der Waals surface area contributed by atoms with E-state index in [9.17, 15) is 22.8 Å². The van der Waals surface area contributed by atoms with Crippen LogP contribution in [0.2, 0.25) is 0 Å². The maximum absolute atomic E-state index is 13.7. The number of alkyl halides is 3. The van der Waals surface area contributed by atoms with Gasteiger partial charge in [-0.2, -0.15) is 13.2 Å². The van der Waals surface area contributed by atoms with E-state index >= 15 is 0 Å². The number of anilines is 2. The van der Waals surface area contributed by atoms with Gasteiger partial charge in [-0.3, -0.25) is 14.5 Å². The van der Waals surface area contributed by atoms with Crippen molar-refractivity contribution in [1.82, 2.24) is 24.9 Å². The average Bonchev–Trinajstić information content (AvgIpc) is 3.58. The van der Waals surface area contributed by atoms with Gasteiger partial charge in [0.05, 0.1) is 35.5 Å². The summed E-state index contributed by atoms with van der Waals surface area (Å²) >= 11 is 1.24. The lowest BCUT2D eigenvalue weighted by Gasteiger charge is -2.27. The van der Waals surface area contributed by atoms with Crippen LogP contribution in [0.1, 0.15) is 34.0 Å². The predicted molar refractivity (Wildman–Crippen MR) is 147 cm³/mol. The largest absolute Gasteiger partial charge is 0.416 e. The van der Waals surface area contributed by atoms with Gasteiger partial charge in [-0.15, -0.1) is 5.10 Å². The third kappa shape index (κ3) is 6.96. The third-order valence-electron chi connectivity index (χ3n) is 6.34. The van der Waals surface area contributed by atoms with E-state index in [2.05, 4.69) is 25.9 Å². The van der Waals surface area contributed by atoms with Crippen LogP contribution in [0.3, 0.4) is 0 Å². The molecule has 2 aromatic carbocycles. The zero-order valence-electron chi connectivity index (χ0n) is 22.2. The number of aromatic nitrogens is 4. The van der Waals surface area contributed by atoms with Crippen molar-refractivity contribution in [3.05, 3.63) is 71.0 Å². The smallest absolute Gasteiger partial charge is 0.379 e. The van der Waals surface area contributed by atoms with Crippen LogP contribution in [0.5, 0.6) is 0 Å². The number of benzene rings is 2. The van der Waals surface area contributed by atoms with Crippen LogP contribution >= 0.6 is 11.3 Å². The van der Waals surface area contributed by atoms with Crippen LogP contribution < -0.4 is 10.6 Å². The molecule has 1 saturated heterocycles. The molecule has 41 heavy (non-hydrogen) atoms. The summed E-state index contributed by atoms with van der Waals surface area (Å²) in [5.74, 6) is -0.802. The first-order chi connectivity index (χ1) is 19.5. The number of carbonyl (C=O) groups is 2. The van der Waals surface area contributed by atoms with Gasteiger partial charge in [0.2, 0.25) is 5.91 Å². The second-order valence-electron chi connectivity index (χ2n) is 9.52. The first-order valence-corrected chi connectivity index (χ1v) is 13.5. The number of hydrogen-bond acceptors (Lipinski definition) is 8. The Morgan fingerprint density at radius 3 is 2.61 bits per heavy atom. The molecule has 1 fully saturated rings. The van der Waals surface area contributed by atoms with Crippen molar-refractivity contribution >= 4 is 34.0 Å². The molecule has 1 aliphatic rings. The highest BCUT2D eigenvalue weighted by Gasteiger charge is 2.31. The van der Waals surface area contributed by atoms with Crippen molar-refractivity contribution in [3.8, 4) is 16.3 Å². The minimum Gasteiger partial charge on any atom is -0.379 e. The van der Waals surface area contributed by atoms with Crippen molar-refractivity contribution in [1.29, 1.82) is 0 Å². The first-order valence-electron chi connectivity index (χ1n) is 12.6. The summed E-state index contributed by atoms with van der Waals surface area (Å²) in [7, 11) is 0.